The summed E-state index contributed by atoms with van der Waals surface area (Å²) >= 11 is 6.03. The zero-order chi connectivity index (χ0) is 19.3. The van der Waals surface area contributed by atoms with Crippen molar-refractivity contribution in [3.63, 3.8) is 0 Å². The van der Waals surface area contributed by atoms with E-state index < -0.39 is 17.5 Å². The van der Waals surface area contributed by atoms with Gasteiger partial charge in [0.25, 0.3) is 0 Å². The normalized spacial score (nSPS) is 17.7. The molecule has 5 heteroatoms. The monoisotopic (exact) mass is 381 g/mol. The predicted molar refractivity (Wildman–Crippen MR) is 106 cm³/mol. The summed E-state index contributed by atoms with van der Waals surface area (Å²) in [4.78, 5) is 12.3. The van der Waals surface area contributed by atoms with E-state index in [-0.39, 0.29) is 5.69 Å². The molecule has 0 saturated carbocycles. The molecule has 0 fully saturated rings. The van der Waals surface area contributed by atoms with Crippen LogP contribution in [0.3, 0.4) is 0 Å². The van der Waals surface area contributed by atoms with E-state index in [1.54, 1.807) is 16.7 Å². The second-order valence-electron chi connectivity index (χ2n) is 7.64. The highest BCUT2D eigenvalue weighted by Crippen LogP contribution is 2.51. The smallest absolute Gasteiger partial charge is 0.353 e. The molecule has 27 heavy (non-hydrogen) atoms. The van der Waals surface area contributed by atoms with Gasteiger partial charge in [0.1, 0.15) is 11.8 Å². The van der Waals surface area contributed by atoms with Crippen molar-refractivity contribution in [2.24, 2.45) is 5.41 Å². The molecule has 0 aliphatic carbocycles. The molecule has 1 aliphatic rings. The Morgan fingerprint density at radius 1 is 1.04 bits per heavy atom. The van der Waals surface area contributed by atoms with Gasteiger partial charge < -0.3 is 14.8 Å². The molecule has 1 unspecified atom stereocenters. The number of benzene rings is 2. The summed E-state index contributed by atoms with van der Waals surface area (Å²) < 4.78 is 1.76. The fraction of sp³-hybridized carbons (Fsp3) is 0.227. The topological polar surface area (TPSA) is 62.5 Å². The van der Waals surface area contributed by atoms with Gasteiger partial charge in [-0.1, -0.05) is 67.9 Å². The quantitative estimate of drug-likeness (QED) is 0.651. The lowest BCUT2D eigenvalue weighted by Crippen LogP contribution is -2.19. The third-order valence-corrected chi connectivity index (χ3v) is 5.52. The van der Waals surface area contributed by atoms with Crippen molar-refractivity contribution in [1.29, 1.82) is 0 Å². The molecule has 0 bridgehead atoms. The number of fused-ring (bicyclic) bond motifs is 1. The lowest BCUT2D eigenvalue weighted by atomic mass is 9.84. The van der Waals surface area contributed by atoms with Crippen molar-refractivity contribution in [3.05, 3.63) is 71.0 Å². The Morgan fingerprint density at radius 2 is 1.63 bits per heavy atom. The Bertz CT molecular complexity index is 1020. The average molecular weight is 382 g/mol. The number of aromatic carboxylic acids is 1. The number of aliphatic hydroxyl groups is 1. The first kappa shape index (κ1) is 17.8. The summed E-state index contributed by atoms with van der Waals surface area (Å²) in [5.41, 5.74) is 3.47. The van der Waals surface area contributed by atoms with Crippen molar-refractivity contribution < 1.29 is 15.0 Å². The van der Waals surface area contributed by atoms with Crippen LogP contribution in [0.4, 0.5) is 0 Å². The van der Waals surface area contributed by atoms with Crippen molar-refractivity contribution in [2.75, 3.05) is 0 Å². The molecule has 1 atom stereocenters. The molecule has 1 aromatic heterocycles. The molecule has 4 rings (SSSR count). The second-order valence-corrected chi connectivity index (χ2v) is 8.08. The van der Waals surface area contributed by atoms with E-state index in [2.05, 4.69) is 0 Å². The van der Waals surface area contributed by atoms with Crippen LogP contribution in [0, 0.1) is 5.41 Å². The van der Waals surface area contributed by atoms with E-state index in [9.17, 15) is 15.0 Å². The van der Waals surface area contributed by atoms with Crippen LogP contribution in [0.5, 0.6) is 0 Å². The maximum Gasteiger partial charge on any atom is 0.353 e. The number of carboxylic acid groups (broad SMARTS) is 1. The SMILES string of the molecule is CC1(C)Cn2c(C(=O)O)c(-c3ccc(Cl)cc3)c(-c3ccccc3)c2C1O. The number of nitrogens with zero attached hydrogens (tertiary/aromatic N) is 1. The maximum atomic E-state index is 12.3. The van der Waals surface area contributed by atoms with Gasteiger partial charge in [0.05, 0.1) is 5.69 Å². The van der Waals surface area contributed by atoms with Gasteiger partial charge in [0.15, 0.2) is 0 Å². The molecule has 3 aromatic rings. The first-order valence-corrected chi connectivity index (χ1v) is 9.18. The molecule has 0 spiro atoms. The summed E-state index contributed by atoms with van der Waals surface area (Å²) in [7, 11) is 0. The van der Waals surface area contributed by atoms with Crippen LogP contribution in [-0.4, -0.2) is 20.7 Å². The lowest BCUT2D eigenvalue weighted by molar-refractivity contribution is 0.0635. The number of rotatable bonds is 3. The highest BCUT2D eigenvalue weighted by molar-refractivity contribution is 6.30. The molecule has 0 saturated heterocycles. The summed E-state index contributed by atoms with van der Waals surface area (Å²) in [6.45, 7) is 4.35. The molecule has 4 nitrogen and oxygen atoms in total. The van der Waals surface area contributed by atoms with Crippen molar-refractivity contribution in [2.45, 2.75) is 26.5 Å². The van der Waals surface area contributed by atoms with Crippen LogP contribution < -0.4 is 0 Å². The van der Waals surface area contributed by atoms with Crippen LogP contribution in [0.25, 0.3) is 22.3 Å². The number of hydrogen-bond acceptors (Lipinski definition) is 2. The Kier molecular flexibility index (Phi) is 4.13. The fourth-order valence-corrected chi connectivity index (χ4v) is 4.09. The number of carbonyl (C=O) groups is 1. The molecular formula is C22H20ClNO3. The van der Waals surface area contributed by atoms with Crippen LogP contribution in [0.1, 0.15) is 36.1 Å². The molecule has 2 N–H and O–H groups in total. The molecular weight excluding hydrogens is 362 g/mol. The van der Waals surface area contributed by atoms with E-state index in [1.165, 1.54) is 0 Å². The minimum absolute atomic E-state index is 0.204. The van der Waals surface area contributed by atoms with E-state index >= 15 is 0 Å². The molecule has 1 aliphatic heterocycles. The molecule has 2 aromatic carbocycles. The summed E-state index contributed by atoms with van der Waals surface area (Å²) in [5, 5.41) is 21.6. The van der Waals surface area contributed by atoms with Gasteiger partial charge in [-0.3, -0.25) is 0 Å². The number of aliphatic hydroxyl groups excluding tert-OH is 1. The third kappa shape index (κ3) is 2.76. The summed E-state index contributed by atoms with van der Waals surface area (Å²) in [6, 6.07) is 16.8. The van der Waals surface area contributed by atoms with Crippen molar-refractivity contribution in [3.8, 4) is 22.3 Å². The van der Waals surface area contributed by atoms with Gasteiger partial charge in [0.2, 0.25) is 0 Å². The Labute approximate surface area is 162 Å². The lowest BCUT2D eigenvalue weighted by Gasteiger charge is -2.23. The zero-order valence-electron chi connectivity index (χ0n) is 15.1. The largest absolute Gasteiger partial charge is 0.477 e. The standard InChI is InChI=1S/C22H20ClNO3/c1-22(2)12-24-18(20(22)25)16(13-6-4-3-5-7-13)17(19(24)21(26)27)14-8-10-15(23)11-9-14/h3-11,20,25H,12H2,1-2H3,(H,26,27). The van der Waals surface area contributed by atoms with Gasteiger partial charge in [-0.15, -0.1) is 0 Å². The Morgan fingerprint density at radius 3 is 2.22 bits per heavy atom. The van der Waals surface area contributed by atoms with Crippen LogP contribution in [0.15, 0.2) is 54.6 Å². The summed E-state index contributed by atoms with van der Waals surface area (Å²) in [6.07, 6.45) is -0.758. The number of aromatic nitrogens is 1. The van der Waals surface area contributed by atoms with E-state index in [0.29, 0.717) is 22.8 Å². The van der Waals surface area contributed by atoms with E-state index in [1.807, 2.05) is 56.3 Å². The molecule has 0 radical (unpaired) electrons. The minimum Gasteiger partial charge on any atom is -0.477 e. The van der Waals surface area contributed by atoms with E-state index in [0.717, 1.165) is 16.7 Å². The molecule has 2 heterocycles. The van der Waals surface area contributed by atoms with Gasteiger partial charge in [0, 0.05) is 28.1 Å². The highest BCUT2D eigenvalue weighted by Gasteiger charge is 2.44. The zero-order valence-corrected chi connectivity index (χ0v) is 15.9. The number of halogens is 1. The number of carboxylic acids is 1. The minimum atomic E-state index is -1.01. The fourth-order valence-electron chi connectivity index (χ4n) is 3.97. The first-order chi connectivity index (χ1) is 12.8. The van der Waals surface area contributed by atoms with Crippen LogP contribution in [0.2, 0.25) is 5.02 Å². The van der Waals surface area contributed by atoms with Crippen LogP contribution >= 0.6 is 11.6 Å². The van der Waals surface area contributed by atoms with E-state index in [4.69, 9.17) is 11.6 Å². The first-order valence-electron chi connectivity index (χ1n) is 8.80. The van der Waals surface area contributed by atoms with Gasteiger partial charge >= 0.3 is 5.97 Å². The van der Waals surface area contributed by atoms with Crippen LogP contribution in [-0.2, 0) is 6.54 Å². The average Bonchev–Trinajstić information content (AvgIpc) is 3.07. The third-order valence-electron chi connectivity index (χ3n) is 5.27. The van der Waals surface area contributed by atoms with Gasteiger partial charge in [-0.05, 0) is 23.3 Å². The Balaban J connectivity index is 2.11. The molecule has 0 amide bonds. The van der Waals surface area contributed by atoms with Gasteiger partial charge in [-0.25, -0.2) is 4.79 Å². The number of hydrogen-bond donors (Lipinski definition) is 2. The second kappa shape index (κ2) is 6.25. The van der Waals surface area contributed by atoms with Crippen molar-refractivity contribution >= 4 is 17.6 Å². The summed E-state index contributed by atoms with van der Waals surface area (Å²) in [5.74, 6) is -1.01. The highest BCUT2D eigenvalue weighted by atomic mass is 35.5. The Hall–Kier alpha value is -2.56. The van der Waals surface area contributed by atoms with Crippen molar-refractivity contribution in [1.82, 2.24) is 4.57 Å². The molecule has 138 valence electrons. The van der Waals surface area contributed by atoms with Gasteiger partial charge in [-0.2, -0.15) is 0 Å². The predicted octanol–water partition coefficient (Wildman–Crippen LogP) is 5.25. The maximum absolute atomic E-state index is 12.3.